The molecule has 1 aromatic carbocycles. The number of rotatable bonds is 6. The van der Waals surface area contributed by atoms with E-state index in [9.17, 15) is 5.02 Å². The van der Waals surface area contributed by atoms with Crippen molar-refractivity contribution in [2.75, 3.05) is 18.0 Å². The first-order valence-corrected chi connectivity index (χ1v) is 14.6. The minimum absolute atomic E-state index is 0.126. The van der Waals surface area contributed by atoms with Gasteiger partial charge in [-0.3, -0.25) is 0 Å². The van der Waals surface area contributed by atoms with E-state index in [-0.39, 0.29) is 24.4 Å². The average Bonchev–Trinajstić information content (AvgIpc) is 3.20. The summed E-state index contributed by atoms with van der Waals surface area (Å²) in [7, 11) is -1.05. The van der Waals surface area contributed by atoms with E-state index in [4.69, 9.17) is 14.0 Å². The van der Waals surface area contributed by atoms with Gasteiger partial charge in [0.25, 0.3) is 0 Å². The number of anilines is 1. The van der Waals surface area contributed by atoms with Crippen molar-refractivity contribution < 1.29 is 19.0 Å². The smallest absolute Gasteiger partial charge is 0.423 e. The lowest BCUT2D eigenvalue weighted by atomic mass is 9.66. The van der Waals surface area contributed by atoms with Crippen molar-refractivity contribution >= 4 is 25.4 Å². The summed E-state index contributed by atoms with van der Waals surface area (Å²) >= 11 is 0. The number of fused-ring (bicyclic) bond motifs is 5. The van der Waals surface area contributed by atoms with Gasteiger partial charge in [-0.2, -0.15) is 0 Å². The maximum absolute atomic E-state index is 11.3. The van der Waals surface area contributed by atoms with Gasteiger partial charge >= 0.3 is 14.2 Å². The van der Waals surface area contributed by atoms with Crippen molar-refractivity contribution in [3.05, 3.63) is 23.3 Å². The minimum atomic E-state index is -0.925. The highest BCUT2D eigenvalue weighted by molar-refractivity contribution is 6.60. The Balaban J connectivity index is 1.38. The molecule has 0 aromatic heterocycles. The Labute approximate surface area is 225 Å². The fourth-order valence-electron chi connectivity index (χ4n) is 6.55. The predicted molar refractivity (Wildman–Crippen MR) is 152 cm³/mol. The first-order chi connectivity index (χ1) is 17.2. The van der Waals surface area contributed by atoms with Crippen molar-refractivity contribution in [2.24, 2.45) is 11.8 Å². The lowest BCUT2D eigenvalue weighted by molar-refractivity contribution is 0.00578. The van der Waals surface area contributed by atoms with Gasteiger partial charge in [0.05, 0.1) is 16.8 Å². The Kier molecular flexibility index (Phi) is 7.10. The quantitative estimate of drug-likeness (QED) is 0.526. The van der Waals surface area contributed by atoms with Gasteiger partial charge in [0.1, 0.15) is 0 Å². The van der Waals surface area contributed by atoms with Crippen LogP contribution >= 0.6 is 0 Å². The molecule has 0 spiro atoms. The van der Waals surface area contributed by atoms with Crippen LogP contribution < -0.4 is 15.7 Å². The zero-order chi connectivity index (χ0) is 26.9. The van der Waals surface area contributed by atoms with E-state index in [1.807, 2.05) is 0 Å². The molecular weight excluding hydrogens is 462 g/mol. The monoisotopic (exact) mass is 510 g/mol. The Morgan fingerprint density at radius 3 is 2.19 bits per heavy atom. The van der Waals surface area contributed by atoms with E-state index >= 15 is 0 Å². The van der Waals surface area contributed by atoms with Gasteiger partial charge in [-0.15, -0.1) is 0 Å². The van der Waals surface area contributed by atoms with Crippen LogP contribution in [-0.2, 0) is 14.0 Å². The van der Waals surface area contributed by atoms with Crippen molar-refractivity contribution in [2.45, 2.75) is 123 Å². The molecule has 2 N–H and O–H groups in total. The standard InChI is InChI=1S/C29H48B2N2O4/c1-18(2)27(4,5)35-30(34)21-10-11-24(26-23-17-19(3)16-22(32-23)25(21)26)33-14-12-20(13-15-33)31-36-28(6,7)29(8,9)37-31/h10-11,18-20,22-23,32,34H,12-17H2,1-9H3. The first-order valence-electron chi connectivity index (χ1n) is 14.6. The van der Waals surface area contributed by atoms with Crippen molar-refractivity contribution in [1.82, 2.24) is 5.32 Å². The molecule has 5 rings (SSSR count). The van der Waals surface area contributed by atoms with Gasteiger partial charge in [0.15, 0.2) is 0 Å². The Morgan fingerprint density at radius 2 is 1.62 bits per heavy atom. The Hall–Kier alpha value is -1.05. The van der Waals surface area contributed by atoms with E-state index < -0.39 is 12.7 Å². The summed E-state index contributed by atoms with van der Waals surface area (Å²) in [5.74, 6) is 1.37. The normalized spacial score (nSPS) is 29.2. The minimum Gasteiger partial charge on any atom is -0.423 e. The van der Waals surface area contributed by atoms with Crippen LogP contribution in [0, 0.1) is 11.8 Å². The third-order valence-corrected chi connectivity index (χ3v) is 10.3. The molecule has 3 fully saturated rings. The van der Waals surface area contributed by atoms with Crippen LogP contribution in [0.1, 0.15) is 111 Å². The number of nitrogens with one attached hydrogen (secondary N) is 1. The Morgan fingerprint density at radius 1 is 1.05 bits per heavy atom. The third kappa shape index (κ3) is 4.91. The summed E-state index contributed by atoms with van der Waals surface area (Å²) in [6, 6.07) is 4.99. The van der Waals surface area contributed by atoms with Crippen LogP contribution in [0.5, 0.6) is 0 Å². The van der Waals surface area contributed by atoms with Crippen LogP contribution in [-0.4, -0.2) is 49.2 Å². The summed E-state index contributed by atoms with van der Waals surface area (Å²) in [4.78, 5) is 2.56. The van der Waals surface area contributed by atoms with E-state index in [0.29, 0.717) is 23.7 Å². The van der Waals surface area contributed by atoms with Crippen LogP contribution in [0.15, 0.2) is 12.1 Å². The largest absolute Gasteiger partial charge is 0.491 e. The summed E-state index contributed by atoms with van der Waals surface area (Å²) in [5, 5.41) is 15.2. The molecule has 3 saturated heterocycles. The van der Waals surface area contributed by atoms with Gasteiger partial charge in [0.2, 0.25) is 0 Å². The summed E-state index contributed by atoms with van der Waals surface area (Å²) in [5.41, 5.74) is 3.98. The van der Waals surface area contributed by atoms with Crippen molar-refractivity contribution in [3.63, 3.8) is 0 Å². The predicted octanol–water partition coefficient (Wildman–Crippen LogP) is 5.00. The van der Waals surface area contributed by atoms with Crippen LogP contribution in [0.3, 0.4) is 0 Å². The lowest BCUT2D eigenvalue weighted by Gasteiger charge is -2.36. The van der Waals surface area contributed by atoms with Crippen molar-refractivity contribution in [1.29, 1.82) is 0 Å². The first kappa shape index (κ1) is 27.5. The number of benzene rings is 1. The highest BCUT2D eigenvalue weighted by Crippen LogP contribution is 2.49. The molecule has 8 heteroatoms. The fourth-order valence-corrected chi connectivity index (χ4v) is 6.55. The van der Waals surface area contributed by atoms with Gasteiger partial charge < -0.3 is 29.2 Å². The van der Waals surface area contributed by atoms with Crippen molar-refractivity contribution in [3.8, 4) is 0 Å². The molecule has 2 bridgehead atoms. The molecule has 0 amide bonds. The zero-order valence-corrected chi connectivity index (χ0v) is 24.6. The molecule has 4 heterocycles. The molecular formula is C29H48B2N2O4. The molecule has 3 unspecified atom stereocenters. The molecule has 0 aliphatic carbocycles. The molecule has 4 aliphatic rings. The summed E-state index contributed by atoms with van der Waals surface area (Å²) < 4.78 is 19.0. The molecule has 4 aliphatic heterocycles. The molecule has 3 atom stereocenters. The molecule has 1 aromatic rings. The van der Waals surface area contributed by atoms with Crippen LogP contribution in [0.4, 0.5) is 5.69 Å². The second kappa shape index (κ2) is 9.55. The second-order valence-electron chi connectivity index (χ2n) is 14.0. The highest BCUT2D eigenvalue weighted by atomic mass is 16.7. The van der Waals surface area contributed by atoms with Gasteiger partial charge in [-0.05, 0) is 108 Å². The van der Waals surface area contributed by atoms with Gasteiger partial charge in [0, 0.05) is 30.9 Å². The van der Waals surface area contributed by atoms with E-state index in [2.05, 4.69) is 84.7 Å². The number of hydrogen-bond acceptors (Lipinski definition) is 6. The maximum atomic E-state index is 11.3. The average molecular weight is 510 g/mol. The molecule has 37 heavy (non-hydrogen) atoms. The summed E-state index contributed by atoms with van der Waals surface area (Å²) in [6.45, 7) is 21.3. The van der Waals surface area contributed by atoms with E-state index in [1.54, 1.807) is 0 Å². The van der Waals surface area contributed by atoms with Crippen LogP contribution in [0.2, 0.25) is 5.82 Å². The third-order valence-electron chi connectivity index (χ3n) is 10.3. The number of nitrogens with zero attached hydrogens (tertiary/aromatic N) is 1. The molecule has 0 saturated carbocycles. The highest BCUT2D eigenvalue weighted by Gasteiger charge is 2.54. The number of hydrogen-bond donors (Lipinski definition) is 2. The molecule has 0 radical (unpaired) electrons. The fraction of sp³-hybridized carbons (Fsp3) is 0.793. The number of piperidine rings is 2. The van der Waals surface area contributed by atoms with E-state index in [0.717, 1.165) is 44.2 Å². The summed E-state index contributed by atoms with van der Waals surface area (Å²) in [6.07, 6.45) is 4.35. The van der Waals surface area contributed by atoms with E-state index in [1.165, 1.54) is 16.8 Å². The van der Waals surface area contributed by atoms with Gasteiger partial charge in [-0.1, -0.05) is 26.8 Å². The second-order valence-corrected chi connectivity index (χ2v) is 14.0. The Bertz CT molecular complexity index is 990. The topological polar surface area (TPSA) is 63.2 Å². The zero-order valence-electron chi connectivity index (χ0n) is 24.6. The molecule has 6 nitrogen and oxygen atoms in total. The molecule has 204 valence electrons. The lowest BCUT2D eigenvalue weighted by Crippen LogP contribution is -2.46. The van der Waals surface area contributed by atoms with Crippen LogP contribution in [0.25, 0.3) is 0 Å². The SMILES string of the molecule is CC1CC2NC(C1)c1c(N3CCC(B4OC(C)(C)C(C)(C)O4)CC3)ccc(B(O)OC(C)(C)C(C)C)c12. The van der Waals surface area contributed by atoms with Gasteiger partial charge in [-0.25, -0.2) is 0 Å². The maximum Gasteiger partial charge on any atom is 0.491 e.